The molecule has 0 fully saturated rings. The van der Waals surface area contributed by atoms with Crippen molar-refractivity contribution in [1.82, 2.24) is 0 Å². The van der Waals surface area contributed by atoms with Crippen molar-refractivity contribution in [3.8, 4) is 0 Å². The largest absolute Gasteiger partial charge is 0.324 e. The fraction of sp³-hybridized carbons (Fsp3) is 0.400. The average molecular weight is 184 g/mol. The smallest absolute Gasteiger partial charge is 0.0438 e. The lowest BCUT2D eigenvalue weighted by Crippen LogP contribution is -2.07. The molecule has 2 N–H and O–H groups in total. The van der Waals surface area contributed by atoms with Gasteiger partial charge in [0.25, 0.3) is 0 Å². The molecule has 1 nitrogen and oxygen atoms in total. The van der Waals surface area contributed by atoms with Crippen LogP contribution in [0.3, 0.4) is 0 Å². The normalized spacial score (nSPS) is 13.1. The molecule has 2 heteroatoms. The molecule has 0 saturated carbocycles. The zero-order valence-electron chi connectivity index (χ0n) is 7.69. The van der Waals surface area contributed by atoms with Gasteiger partial charge in [-0.3, -0.25) is 0 Å². The molecule has 0 aliphatic heterocycles. The van der Waals surface area contributed by atoms with Crippen LogP contribution in [0, 0.1) is 13.8 Å². The zero-order valence-corrected chi connectivity index (χ0v) is 8.44. The molecule has 1 atom stereocenters. The minimum atomic E-state index is 0.0842. The molecule has 0 heterocycles. The zero-order chi connectivity index (χ0) is 9.30. The summed E-state index contributed by atoms with van der Waals surface area (Å²) in [6, 6.07) is 4.11. The lowest BCUT2D eigenvalue weighted by atomic mass is 10.0. The van der Waals surface area contributed by atoms with Gasteiger partial charge in [0.05, 0.1) is 0 Å². The number of hydrogen-bond donors (Lipinski definition) is 1. The molecule has 0 unspecified atom stereocenters. The van der Waals surface area contributed by atoms with Crippen molar-refractivity contribution in [1.29, 1.82) is 0 Å². The molecular weight excluding hydrogens is 170 g/mol. The van der Waals surface area contributed by atoms with Crippen molar-refractivity contribution in [3.63, 3.8) is 0 Å². The summed E-state index contributed by atoms with van der Waals surface area (Å²) in [5.74, 6) is 0. The molecule has 0 saturated heterocycles. The van der Waals surface area contributed by atoms with E-state index in [1.807, 2.05) is 26.8 Å². The van der Waals surface area contributed by atoms with Gasteiger partial charge in [-0.15, -0.1) is 0 Å². The number of benzene rings is 1. The number of hydrogen-bond acceptors (Lipinski definition) is 1. The molecule has 0 bridgehead atoms. The molecule has 0 aliphatic rings. The SMILES string of the molecule is Cc1cc([C@@H](C)N)c(C)cc1Cl. The minimum absolute atomic E-state index is 0.0842. The van der Waals surface area contributed by atoms with Crippen molar-refractivity contribution in [2.24, 2.45) is 5.73 Å². The van der Waals surface area contributed by atoms with Gasteiger partial charge in [0.2, 0.25) is 0 Å². The third-order valence-corrected chi connectivity index (χ3v) is 2.45. The Bertz CT molecular complexity index is 292. The molecule has 1 aromatic carbocycles. The highest BCUT2D eigenvalue weighted by molar-refractivity contribution is 6.31. The average Bonchev–Trinajstić information content (AvgIpc) is 1.96. The predicted molar refractivity (Wildman–Crippen MR) is 53.5 cm³/mol. The Balaban J connectivity index is 3.23. The summed E-state index contributed by atoms with van der Waals surface area (Å²) in [5.41, 5.74) is 9.23. The maximum Gasteiger partial charge on any atom is 0.0438 e. The maximum atomic E-state index is 5.95. The Labute approximate surface area is 78.5 Å². The van der Waals surface area contributed by atoms with Gasteiger partial charge in [0.1, 0.15) is 0 Å². The summed E-state index contributed by atoms with van der Waals surface area (Å²) in [6.07, 6.45) is 0. The van der Waals surface area contributed by atoms with Crippen LogP contribution in [0.2, 0.25) is 5.02 Å². The number of aryl methyl sites for hydroxylation is 2. The van der Waals surface area contributed by atoms with Gasteiger partial charge >= 0.3 is 0 Å². The van der Waals surface area contributed by atoms with Crippen LogP contribution in [0.15, 0.2) is 12.1 Å². The van der Waals surface area contributed by atoms with Crippen molar-refractivity contribution in [2.45, 2.75) is 26.8 Å². The minimum Gasteiger partial charge on any atom is -0.324 e. The van der Waals surface area contributed by atoms with E-state index < -0.39 is 0 Å². The van der Waals surface area contributed by atoms with Crippen molar-refractivity contribution in [3.05, 3.63) is 33.8 Å². The van der Waals surface area contributed by atoms with Gasteiger partial charge in [-0.05, 0) is 43.5 Å². The quantitative estimate of drug-likeness (QED) is 0.712. The van der Waals surface area contributed by atoms with Crippen LogP contribution < -0.4 is 5.73 Å². The molecule has 12 heavy (non-hydrogen) atoms. The van der Waals surface area contributed by atoms with Gasteiger partial charge in [-0.25, -0.2) is 0 Å². The van der Waals surface area contributed by atoms with Crippen LogP contribution in [-0.2, 0) is 0 Å². The van der Waals surface area contributed by atoms with Crippen LogP contribution in [0.1, 0.15) is 29.7 Å². The molecule has 0 spiro atoms. The van der Waals surface area contributed by atoms with Gasteiger partial charge in [-0.1, -0.05) is 17.7 Å². The second-order valence-electron chi connectivity index (χ2n) is 3.25. The summed E-state index contributed by atoms with van der Waals surface area (Å²) in [5, 5.41) is 0.817. The lowest BCUT2D eigenvalue weighted by molar-refractivity contribution is 0.808. The van der Waals surface area contributed by atoms with E-state index in [1.54, 1.807) is 0 Å². The first kappa shape index (κ1) is 9.56. The molecule has 1 aromatic rings. The number of rotatable bonds is 1. The molecule has 66 valence electrons. The highest BCUT2D eigenvalue weighted by Gasteiger charge is 2.05. The van der Waals surface area contributed by atoms with Crippen LogP contribution in [0.5, 0.6) is 0 Å². The fourth-order valence-corrected chi connectivity index (χ4v) is 1.51. The maximum absolute atomic E-state index is 5.95. The van der Waals surface area contributed by atoms with Crippen LogP contribution in [0.4, 0.5) is 0 Å². The molecule has 0 aromatic heterocycles. The highest BCUT2D eigenvalue weighted by Crippen LogP contribution is 2.23. The second-order valence-corrected chi connectivity index (χ2v) is 3.65. The van der Waals surface area contributed by atoms with E-state index in [0.717, 1.165) is 10.6 Å². The third kappa shape index (κ3) is 1.79. The highest BCUT2D eigenvalue weighted by atomic mass is 35.5. The molecule has 1 rings (SSSR count). The second kappa shape index (κ2) is 3.46. The summed E-state index contributed by atoms with van der Waals surface area (Å²) < 4.78 is 0. The summed E-state index contributed by atoms with van der Waals surface area (Å²) in [4.78, 5) is 0. The standard InChI is InChI=1S/C10H14ClN/c1-6-5-10(11)7(2)4-9(6)8(3)12/h4-5,8H,12H2,1-3H3/t8-/m1/s1. The monoisotopic (exact) mass is 183 g/mol. The first-order valence-electron chi connectivity index (χ1n) is 4.04. The van der Waals surface area contributed by atoms with E-state index in [0.29, 0.717) is 0 Å². The van der Waals surface area contributed by atoms with Crippen LogP contribution >= 0.6 is 11.6 Å². The van der Waals surface area contributed by atoms with E-state index in [9.17, 15) is 0 Å². The van der Waals surface area contributed by atoms with E-state index in [1.165, 1.54) is 11.1 Å². The topological polar surface area (TPSA) is 26.0 Å². The van der Waals surface area contributed by atoms with E-state index in [-0.39, 0.29) is 6.04 Å². The molecule has 0 aliphatic carbocycles. The predicted octanol–water partition coefficient (Wildman–Crippen LogP) is 2.98. The summed E-state index contributed by atoms with van der Waals surface area (Å²) >= 11 is 5.95. The van der Waals surface area contributed by atoms with Crippen molar-refractivity contribution < 1.29 is 0 Å². The summed E-state index contributed by atoms with van der Waals surface area (Å²) in [7, 11) is 0. The molecule has 0 radical (unpaired) electrons. The first-order valence-corrected chi connectivity index (χ1v) is 4.42. The number of nitrogens with two attached hydrogens (primary N) is 1. The van der Waals surface area contributed by atoms with Gasteiger partial charge < -0.3 is 5.73 Å². The van der Waals surface area contributed by atoms with Crippen LogP contribution in [0.25, 0.3) is 0 Å². The first-order chi connectivity index (χ1) is 5.52. The Kier molecular flexibility index (Phi) is 2.76. The Morgan fingerprint density at radius 2 is 1.83 bits per heavy atom. The Morgan fingerprint density at radius 3 is 2.33 bits per heavy atom. The van der Waals surface area contributed by atoms with Crippen molar-refractivity contribution in [2.75, 3.05) is 0 Å². The number of halogens is 1. The van der Waals surface area contributed by atoms with Gasteiger partial charge in [0.15, 0.2) is 0 Å². The van der Waals surface area contributed by atoms with Gasteiger partial charge in [-0.2, -0.15) is 0 Å². The van der Waals surface area contributed by atoms with E-state index in [2.05, 4.69) is 6.07 Å². The van der Waals surface area contributed by atoms with E-state index in [4.69, 9.17) is 17.3 Å². The van der Waals surface area contributed by atoms with E-state index >= 15 is 0 Å². The summed E-state index contributed by atoms with van der Waals surface area (Å²) in [6.45, 7) is 6.01. The van der Waals surface area contributed by atoms with Crippen molar-refractivity contribution >= 4 is 11.6 Å². The molecule has 0 amide bonds. The lowest BCUT2D eigenvalue weighted by Gasteiger charge is -2.11. The van der Waals surface area contributed by atoms with Gasteiger partial charge in [0, 0.05) is 11.1 Å². The Hall–Kier alpha value is -0.530. The molecular formula is C10H14ClN. The van der Waals surface area contributed by atoms with Crippen LogP contribution in [-0.4, -0.2) is 0 Å². The fourth-order valence-electron chi connectivity index (χ4n) is 1.29. The third-order valence-electron chi connectivity index (χ3n) is 2.04. The Morgan fingerprint density at radius 1 is 1.25 bits per heavy atom.